The summed E-state index contributed by atoms with van der Waals surface area (Å²) in [6.07, 6.45) is 0. The zero-order valence-corrected chi connectivity index (χ0v) is 11.1. The summed E-state index contributed by atoms with van der Waals surface area (Å²) >= 11 is 5.68. The first-order chi connectivity index (χ1) is 9.97. The predicted octanol–water partition coefficient (Wildman–Crippen LogP) is 2.32. The minimum atomic E-state index is -0.754. The summed E-state index contributed by atoms with van der Waals surface area (Å²) in [6.45, 7) is 0. The van der Waals surface area contributed by atoms with Crippen LogP contribution >= 0.6 is 11.6 Å². The number of nitro groups is 1. The molecule has 2 aromatic rings. The fourth-order valence-electron chi connectivity index (χ4n) is 1.34. The van der Waals surface area contributed by atoms with Crippen molar-refractivity contribution in [2.45, 2.75) is 0 Å². The smallest absolute Gasteiger partial charge is 0.397 e. The third kappa shape index (κ3) is 3.57. The van der Waals surface area contributed by atoms with Gasteiger partial charge in [0.1, 0.15) is 4.92 Å². The molecule has 0 fully saturated rings. The number of benzene rings is 1. The molecule has 1 aromatic heterocycles. The van der Waals surface area contributed by atoms with E-state index in [0.29, 0.717) is 5.02 Å². The Morgan fingerprint density at radius 3 is 2.52 bits per heavy atom. The highest BCUT2D eigenvalue weighted by molar-refractivity contribution is 6.30. The van der Waals surface area contributed by atoms with E-state index < -0.39 is 16.8 Å². The molecule has 0 aliphatic carbocycles. The Labute approximate surface area is 122 Å². The van der Waals surface area contributed by atoms with Gasteiger partial charge >= 0.3 is 11.9 Å². The zero-order valence-electron chi connectivity index (χ0n) is 10.4. The minimum absolute atomic E-state index is 0.0781. The van der Waals surface area contributed by atoms with Gasteiger partial charge in [0.15, 0.2) is 5.76 Å². The van der Waals surface area contributed by atoms with Gasteiger partial charge < -0.3 is 15.0 Å². The summed E-state index contributed by atoms with van der Waals surface area (Å²) in [5, 5.41) is 14.3. The van der Waals surface area contributed by atoms with E-state index >= 15 is 0 Å². The normalized spacial score (nSPS) is 11.2. The van der Waals surface area contributed by atoms with Crippen molar-refractivity contribution in [2.24, 2.45) is 10.9 Å². The van der Waals surface area contributed by atoms with Crippen molar-refractivity contribution in [2.75, 3.05) is 0 Å². The van der Waals surface area contributed by atoms with Crippen LogP contribution in [0.25, 0.3) is 0 Å². The van der Waals surface area contributed by atoms with Crippen LogP contribution in [0.4, 0.5) is 5.88 Å². The summed E-state index contributed by atoms with van der Waals surface area (Å²) in [6, 6.07) is 8.29. The van der Waals surface area contributed by atoms with Crippen molar-refractivity contribution < 1.29 is 19.0 Å². The molecule has 8 nitrogen and oxygen atoms in total. The average molecular weight is 310 g/mol. The maximum Gasteiger partial charge on any atom is 0.433 e. The van der Waals surface area contributed by atoms with Gasteiger partial charge in [-0.15, -0.1) is 0 Å². The Bertz CT molecular complexity index is 708. The van der Waals surface area contributed by atoms with Crippen molar-refractivity contribution in [3.05, 3.63) is 62.9 Å². The lowest BCUT2D eigenvalue weighted by Crippen LogP contribution is -2.14. The van der Waals surface area contributed by atoms with Crippen molar-refractivity contribution in [3.63, 3.8) is 0 Å². The molecule has 0 aliphatic heterocycles. The fourth-order valence-corrected chi connectivity index (χ4v) is 1.46. The highest BCUT2D eigenvalue weighted by Crippen LogP contribution is 2.15. The fraction of sp³-hybridized carbons (Fsp3) is 0. The SMILES string of the molecule is N/C(=N\OC(=O)c1ccc(Cl)cc1)c1ccc([N+](=O)[O-])o1. The number of nitrogens with zero attached hydrogens (tertiary/aromatic N) is 2. The van der Waals surface area contributed by atoms with Crippen molar-refractivity contribution >= 4 is 29.3 Å². The molecule has 0 spiro atoms. The maximum atomic E-state index is 11.6. The Hall–Kier alpha value is -2.87. The lowest BCUT2D eigenvalue weighted by Gasteiger charge is -1.99. The standard InChI is InChI=1S/C12H8ClN3O5/c13-8-3-1-7(2-4-8)12(17)21-15-11(14)9-5-6-10(20-9)16(18)19/h1-6H,(H2,14,15). The number of furan rings is 1. The molecule has 0 saturated heterocycles. The molecule has 0 radical (unpaired) electrons. The number of carbonyl (C=O) groups is 1. The van der Waals surface area contributed by atoms with Crippen LogP contribution in [0.15, 0.2) is 46.0 Å². The van der Waals surface area contributed by atoms with Crippen LogP contribution < -0.4 is 5.73 Å². The van der Waals surface area contributed by atoms with Crippen LogP contribution in [0.2, 0.25) is 5.02 Å². The Morgan fingerprint density at radius 2 is 1.95 bits per heavy atom. The summed E-state index contributed by atoms with van der Waals surface area (Å²) in [5.74, 6) is -1.63. The molecule has 0 amide bonds. The number of hydrogen-bond donors (Lipinski definition) is 1. The van der Waals surface area contributed by atoms with E-state index in [0.717, 1.165) is 6.07 Å². The van der Waals surface area contributed by atoms with Crippen molar-refractivity contribution in [1.82, 2.24) is 0 Å². The second kappa shape index (κ2) is 6.06. The van der Waals surface area contributed by atoms with Crippen LogP contribution in [0.3, 0.4) is 0 Å². The van der Waals surface area contributed by atoms with Crippen LogP contribution in [0, 0.1) is 10.1 Å². The van der Waals surface area contributed by atoms with E-state index in [-0.39, 0.29) is 17.2 Å². The number of hydrogen-bond acceptors (Lipinski definition) is 6. The average Bonchev–Trinajstić information content (AvgIpc) is 2.95. The van der Waals surface area contributed by atoms with Gasteiger partial charge in [-0.3, -0.25) is 10.1 Å². The molecule has 1 aromatic carbocycles. The Kier molecular flexibility index (Phi) is 4.19. The molecule has 9 heteroatoms. The molecule has 108 valence electrons. The van der Waals surface area contributed by atoms with E-state index in [1.807, 2.05) is 0 Å². The summed E-state index contributed by atoms with van der Waals surface area (Å²) in [4.78, 5) is 26.0. The van der Waals surface area contributed by atoms with Crippen LogP contribution in [-0.2, 0) is 4.84 Å². The lowest BCUT2D eigenvalue weighted by molar-refractivity contribution is -0.402. The highest BCUT2D eigenvalue weighted by atomic mass is 35.5. The molecule has 0 bridgehead atoms. The van der Waals surface area contributed by atoms with Gasteiger partial charge in [0.05, 0.1) is 11.6 Å². The van der Waals surface area contributed by atoms with E-state index in [1.54, 1.807) is 0 Å². The van der Waals surface area contributed by atoms with E-state index in [2.05, 4.69) is 9.99 Å². The molecule has 21 heavy (non-hydrogen) atoms. The summed E-state index contributed by atoms with van der Waals surface area (Å²) in [7, 11) is 0. The third-order valence-electron chi connectivity index (χ3n) is 2.33. The molecule has 0 aliphatic rings. The van der Waals surface area contributed by atoms with Crippen molar-refractivity contribution in [1.29, 1.82) is 0 Å². The molecular weight excluding hydrogens is 302 g/mol. The molecular formula is C12H8ClN3O5. The van der Waals surface area contributed by atoms with E-state index in [1.165, 1.54) is 30.3 Å². The molecule has 2 N–H and O–H groups in total. The molecule has 0 unspecified atom stereocenters. The second-order valence-corrected chi connectivity index (χ2v) is 4.19. The number of oxime groups is 1. The van der Waals surface area contributed by atoms with E-state index in [4.69, 9.17) is 21.8 Å². The van der Waals surface area contributed by atoms with Crippen molar-refractivity contribution in [3.8, 4) is 0 Å². The minimum Gasteiger partial charge on any atom is -0.397 e. The van der Waals surface area contributed by atoms with Gasteiger partial charge in [-0.05, 0) is 30.3 Å². The predicted molar refractivity (Wildman–Crippen MR) is 73.0 cm³/mol. The highest BCUT2D eigenvalue weighted by Gasteiger charge is 2.15. The third-order valence-corrected chi connectivity index (χ3v) is 2.58. The largest absolute Gasteiger partial charge is 0.433 e. The van der Waals surface area contributed by atoms with E-state index in [9.17, 15) is 14.9 Å². The lowest BCUT2D eigenvalue weighted by atomic mass is 10.2. The summed E-state index contributed by atoms with van der Waals surface area (Å²) < 4.78 is 4.80. The molecule has 2 rings (SSSR count). The topological polar surface area (TPSA) is 121 Å². The number of halogens is 1. The first-order valence-corrected chi connectivity index (χ1v) is 5.90. The van der Waals surface area contributed by atoms with Crippen LogP contribution in [-0.4, -0.2) is 16.7 Å². The monoisotopic (exact) mass is 309 g/mol. The number of carbonyl (C=O) groups excluding carboxylic acids is 1. The van der Waals surface area contributed by atoms with Gasteiger partial charge in [-0.2, -0.15) is 0 Å². The maximum absolute atomic E-state index is 11.6. The number of rotatable bonds is 4. The summed E-state index contributed by atoms with van der Waals surface area (Å²) in [5.41, 5.74) is 5.72. The molecule has 0 saturated carbocycles. The van der Waals surface area contributed by atoms with Crippen LogP contribution in [0.1, 0.15) is 16.1 Å². The van der Waals surface area contributed by atoms with Gasteiger partial charge in [-0.1, -0.05) is 16.8 Å². The van der Waals surface area contributed by atoms with Gasteiger partial charge in [0, 0.05) is 5.02 Å². The molecule has 1 heterocycles. The van der Waals surface area contributed by atoms with Crippen LogP contribution in [0.5, 0.6) is 0 Å². The van der Waals surface area contributed by atoms with Gasteiger partial charge in [0.25, 0.3) is 0 Å². The zero-order chi connectivity index (χ0) is 15.4. The van der Waals surface area contributed by atoms with Gasteiger partial charge in [0.2, 0.25) is 5.84 Å². The van der Waals surface area contributed by atoms with Gasteiger partial charge in [-0.25, -0.2) is 4.79 Å². The number of nitrogens with two attached hydrogens (primary N) is 1. The Balaban J connectivity index is 2.07. The molecule has 0 atom stereocenters. The first kappa shape index (κ1) is 14.5. The number of amidine groups is 1. The second-order valence-electron chi connectivity index (χ2n) is 3.76. The Morgan fingerprint density at radius 1 is 1.29 bits per heavy atom. The first-order valence-electron chi connectivity index (χ1n) is 5.52. The quantitative estimate of drug-likeness (QED) is 0.304.